The number of nitrogens with two attached hydrogens (primary N) is 1. The molecule has 1 heterocycles. The molecule has 4 rings (SSSR count). The number of likely N-dealkylation sites (tertiary alicyclic amines) is 1. The van der Waals surface area contributed by atoms with Crippen LogP contribution in [0.4, 0.5) is 0 Å². The lowest BCUT2D eigenvalue weighted by Crippen LogP contribution is -2.63. The van der Waals surface area contributed by atoms with Crippen LogP contribution in [-0.2, 0) is 19.9 Å². The molecule has 6 nitrogen and oxygen atoms in total. The molecule has 222 valence electrons. The number of rotatable bonds is 12. The third kappa shape index (κ3) is 6.19. The Balaban J connectivity index is 1.68. The van der Waals surface area contributed by atoms with Gasteiger partial charge in [-0.25, -0.2) is 9.28 Å². The molecule has 1 aliphatic heterocycles. The molecule has 0 saturated carbocycles. The summed E-state index contributed by atoms with van der Waals surface area (Å²) in [7, 11) is 0. The van der Waals surface area contributed by atoms with Gasteiger partial charge < -0.3 is 11.1 Å². The molecule has 3 N–H and O–H groups in total. The maximum Gasteiger partial charge on any atom is 0.317 e. The number of quaternary nitrogens is 1. The van der Waals surface area contributed by atoms with Gasteiger partial charge >= 0.3 is 5.91 Å². The minimum Gasteiger partial charge on any atom is -0.364 e. The third-order valence-electron chi connectivity index (χ3n) is 9.30. The predicted molar refractivity (Wildman–Crippen MR) is 167 cm³/mol. The van der Waals surface area contributed by atoms with Crippen molar-refractivity contribution < 1.29 is 18.9 Å². The Morgan fingerprint density at radius 1 is 0.881 bits per heavy atom. The van der Waals surface area contributed by atoms with Gasteiger partial charge in [0.15, 0.2) is 6.04 Å². The molecule has 0 aromatic heterocycles. The molecule has 1 saturated heterocycles. The van der Waals surface area contributed by atoms with Crippen molar-refractivity contribution in [2.45, 2.75) is 77.4 Å². The van der Waals surface area contributed by atoms with E-state index in [1.54, 1.807) is 6.92 Å². The van der Waals surface area contributed by atoms with Gasteiger partial charge in [-0.1, -0.05) is 105 Å². The van der Waals surface area contributed by atoms with Crippen LogP contribution in [0.3, 0.4) is 0 Å². The quantitative estimate of drug-likeness (QED) is 0.253. The van der Waals surface area contributed by atoms with Gasteiger partial charge in [0, 0.05) is 30.9 Å². The summed E-state index contributed by atoms with van der Waals surface area (Å²) in [5, 5.41) is 3.27. The van der Waals surface area contributed by atoms with Crippen LogP contribution in [0.5, 0.6) is 0 Å². The summed E-state index contributed by atoms with van der Waals surface area (Å²) in [6.07, 6.45) is 3.43. The first kappa shape index (κ1) is 31.2. The fourth-order valence-electron chi connectivity index (χ4n) is 7.31. The molecule has 6 heteroatoms. The van der Waals surface area contributed by atoms with Crippen molar-refractivity contribution in [1.82, 2.24) is 5.32 Å². The average molecular weight is 569 g/mol. The van der Waals surface area contributed by atoms with E-state index < -0.39 is 17.5 Å². The van der Waals surface area contributed by atoms with Crippen LogP contribution in [0.15, 0.2) is 91.0 Å². The Morgan fingerprint density at radius 2 is 1.40 bits per heavy atom. The second-order valence-corrected chi connectivity index (χ2v) is 12.2. The third-order valence-corrected chi connectivity index (χ3v) is 9.30. The predicted octanol–water partition coefficient (Wildman–Crippen LogP) is 6.26. The summed E-state index contributed by atoms with van der Waals surface area (Å²) in [5.74, 6) is -0.595. The average Bonchev–Trinajstić information content (AvgIpc) is 3.43. The summed E-state index contributed by atoms with van der Waals surface area (Å²) >= 11 is 0. The molecule has 1 fully saturated rings. The maximum absolute atomic E-state index is 14.8. The number of carbonyl (C=O) groups is 3. The van der Waals surface area contributed by atoms with E-state index in [1.165, 1.54) is 0 Å². The summed E-state index contributed by atoms with van der Waals surface area (Å²) in [4.78, 5) is 40.2. The van der Waals surface area contributed by atoms with Crippen molar-refractivity contribution in [2.24, 2.45) is 17.6 Å². The molecule has 0 radical (unpaired) electrons. The number of hydrogen-bond acceptors (Lipinski definition) is 3. The zero-order valence-corrected chi connectivity index (χ0v) is 25.5. The molecule has 3 amide bonds. The molecule has 3 aromatic rings. The Kier molecular flexibility index (Phi) is 10.00. The van der Waals surface area contributed by atoms with E-state index in [-0.39, 0.29) is 34.2 Å². The van der Waals surface area contributed by atoms with Crippen molar-refractivity contribution >= 4 is 17.7 Å². The van der Waals surface area contributed by atoms with E-state index in [4.69, 9.17) is 5.73 Å². The number of nitrogens with one attached hydrogen (secondary N) is 1. The number of carbonyl (C=O) groups excluding carboxylic acids is 3. The summed E-state index contributed by atoms with van der Waals surface area (Å²) in [6, 6.07) is 29.3. The topological polar surface area (TPSA) is 89.3 Å². The van der Waals surface area contributed by atoms with E-state index in [1.807, 2.05) is 61.5 Å². The van der Waals surface area contributed by atoms with Crippen LogP contribution in [0.2, 0.25) is 0 Å². The highest BCUT2D eigenvalue weighted by molar-refractivity contribution is 5.83. The fraction of sp³-hybridized carbons (Fsp3) is 0.417. The molecule has 42 heavy (non-hydrogen) atoms. The molecular formula is C36H46N3O3+. The monoisotopic (exact) mass is 568 g/mol. The van der Waals surface area contributed by atoms with Gasteiger partial charge in [-0.05, 0) is 37.7 Å². The molecule has 0 spiro atoms. The Bertz CT molecular complexity index is 1310. The van der Waals surface area contributed by atoms with Crippen LogP contribution in [0.25, 0.3) is 0 Å². The first-order valence-electron chi connectivity index (χ1n) is 15.3. The normalized spacial score (nSPS) is 20.7. The van der Waals surface area contributed by atoms with Gasteiger partial charge in [-0.15, -0.1) is 0 Å². The number of hydrogen-bond donors (Lipinski definition) is 2. The minimum atomic E-state index is -0.594. The summed E-state index contributed by atoms with van der Waals surface area (Å²) in [5.41, 5.74) is 8.60. The van der Waals surface area contributed by atoms with Gasteiger partial charge in [-0.3, -0.25) is 9.59 Å². The number of amides is 3. The second-order valence-electron chi connectivity index (χ2n) is 12.2. The zero-order valence-electron chi connectivity index (χ0n) is 25.5. The SMILES string of the molecule is CC(=O)NC(CCCC(C)C(=O)[N@@+]1(C(c2ccccc2)c2ccccc2)CCCC1C(N)=O)(c1ccccc1)C(C)C. The van der Waals surface area contributed by atoms with E-state index in [0.717, 1.165) is 29.5 Å². The van der Waals surface area contributed by atoms with Crippen molar-refractivity contribution in [3.63, 3.8) is 0 Å². The maximum atomic E-state index is 14.8. The largest absolute Gasteiger partial charge is 0.364 e. The van der Waals surface area contributed by atoms with Crippen molar-refractivity contribution in [3.8, 4) is 0 Å². The lowest BCUT2D eigenvalue weighted by Gasteiger charge is -2.44. The molecule has 1 aliphatic rings. The first-order valence-corrected chi connectivity index (χ1v) is 15.3. The molecule has 3 unspecified atom stereocenters. The van der Waals surface area contributed by atoms with E-state index in [0.29, 0.717) is 25.8 Å². The number of benzene rings is 3. The van der Waals surface area contributed by atoms with Crippen LogP contribution < -0.4 is 11.1 Å². The highest BCUT2D eigenvalue weighted by Gasteiger charge is 2.57. The lowest BCUT2D eigenvalue weighted by atomic mass is 9.75. The summed E-state index contributed by atoms with van der Waals surface area (Å²) < 4.78 is 0.0181. The van der Waals surface area contributed by atoms with Gasteiger partial charge in [0.1, 0.15) is 6.04 Å². The molecular weight excluding hydrogens is 522 g/mol. The van der Waals surface area contributed by atoms with Gasteiger partial charge in [0.25, 0.3) is 5.91 Å². The van der Waals surface area contributed by atoms with Crippen LogP contribution >= 0.6 is 0 Å². The Hall–Kier alpha value is -3.77. The zero-order chi connectivity index (χ0) is 30.3. The Labute approximate surface area is 250 Å². The van der Waals surface area contributed by atoms with Gasteiger partial charge in [0.2, 0.25) is 5.91 Å². The highest BCUT2D eigenvalue weighted by atomic mass is 16.2. The molecule has 0 bridgehead atoms. The second kappa shape index (κ2) is 13.5. The summed E-state index contributed by atoms with van der Waals surface area (Å²) in [6.45, 7) is 8.37. The molecule has 0 aliphatic carbocycles. The van der Waals surface area contributed by atoms with Crippen LogP contribution in [0.1, 0.15) is 82.5 Å². The van der Waals surface area contributed by atoms with Crippen LogP contribution in [0, 0.1) is 11.8 Å². The number of primary amides is 1. The smallest absolute Gasteiger partial charge is 0.317 e. The molecule has 4 atom stereocenters. The van der Waals surface area contributed by atoms with Crippen molar-refractivity contribution in [2.75, 3.05) is 6.54 Å². The first-order chi connectivity index (χ1) is 20.1. The van der Waals surface area contributed by atoms with E-state index in [2.05, 4.69) is 55.6 Å². The standard InChI is InChI=1S/C36H45N3O3/c1-26(2)36(38-28(4)40,31-21-12-7-13-22-31)24-14-16-27(3)35(42)39(25-15-23-32(39)34(37)41)33(29-17-8-5-9-18-29)30-19-10-6-11-20-30/h5-13,17-22,26-27,32-33H,14-16,23-25H2,1-4H3,(H2-,37,38,40,41)/p+1/t27?,32?,36?,39-/m0/s1. The van der Waals surface area contributed by atoms with Gasteiger partial charge in [0.05, 0.1) is 18.0 Å². The fourth-order valence-corrected chi connectivity index (χ4v) is 7.31. The van der Waals surface area contributed by atoms with Crippen molar-refractivity contribution in [3.05, 3.63) is 108 Å². The number of nitrogens with zero attached hydrogens (tertiary/aromatic N) is 1. The minimum absolute atomic E-state index is 0.0181. The van der Waals surface area contributed by atoms with Gasteiger partial charge in [-0.2, -0.15) is 0 Å². The highest BCUT2D eigenvalue weighted by Crippen LogP contribution is 2.45. The molecule has 3 aromatic carbocycles. The lowest BCUT2D eigenvalue weighted by molar-refractivity contribution is -0.884. The van der Waals surface area contributed by atoms with Crippen molar-refractivity contribution in [1.29, 1.82) is 0 Å². The Morgan fingerprint density at radius 3 is 1.88 bits per heavy atom. The van der Waals surface area contributed by atoms with Crippen LogP contribution in [-0.4, -0.2) is 34.8 Å². The van der Waals surface area contributed by atoms with E-state index in [9.17, 15) is 14.4 Å². The van der Waals surface area contributed by atoms with E-state index >= 15 is 0 Å².